The van der Waals surface area contributed by atoms with E-state index in [1.165, 1.54) is 16.5 Å². The van der Waals surface area contributed by atoms with Crippen LogP contribution in [0.4, 0.5) is 0 Å². The van der Waals surface area contributed by atoms with E-state index in [0.29, 0.717) is 5.41 Å². The molecule has 0 bridgehead atoms. The summed E-state index contributed by atoms with van der Waals surface area (Å²) in [5.74, 6) is 0. The summed E-state index contributed by atoms with van der Waals surface area (Å²) in [6.07, 6.45) is 3.40. The van der Waals surface area contributed by atoms with Gasteiger partial charge in [-0.2, -0.15) is 0 Å². The van der Waals surface area contributed by atoms with Crippen molar-refractivity contribution in [1.29, 1.82) is 0 Å². The van der Waals surface area contributed by atoms with Crippen LogP contribution in [-0.2, 0) is 13.6 Å². The topological polar surface area (TPSA) is 17.0 Å². The SMILES string of the molecule is Cl.Cn1cc(CNC(C)(C)CC(C)(C)C)c2ccccc21. The van der Waals surface area contributed by atoms with Crippen molar-refractivity contribution < 1.29 is 0 Å². The minimum absolute atomic E-state index is 0. The number of benzene rings is 1. The van der Waals surface area contributed by atoms with Crippen LogP contribution in [0.15, 0.2) is 30.5 Å². The van der Waals surface area contributed by atoms with Gasteiger partial charge in [-0.3, -0.25) is 0 Å². The summed E-state index contributed by atoms with van der Waals surface area (Å²) in [4.78, 5) is 0. The van der Waals surface area contributed by atoms with Crippen LogP contribution in [-0.4, -0.2) is 10.1 Å². The van der Waals surface area contributed by atoms with Crippen LogP contribution in [0, 0.1) is 5.41 Å². The number of halogens is 1. The molecule has 1 heterocycles. The maximum Gasteiger partial charge on any atom is 0.0481 e. The first-order valence-corrected chi connectivity index (χ1v) is 7.46. The molecule has 0 saturated heterocycles. The number of nitrogens with one attached hydrogen (secondary N) is 1. The molecule has 0 aliphatic heterocycles. The number of rotatable bonds is 4. The van der Waals surface area contributed by atoms with Crippen LogP contribution in [0.2, 0.25) is 0 Å². The van der Waals surface area contributed by atoms with Crippen LogP contribution in [0.5, 0.6) is 0 Å². The van der Waals surface area contributed by atoms with Gasteiger partial charge in [0.2, 0.25) is 0 Å². The van der Waals surface area contributed by atoms with Crippen molar-refractivity contribution in [2.45, 2.75) is 53.1 Å². The minimum Gasteiger partial charge on any atom is -0.350 e. The molecule has 2 rings (SSSR count). The predicted octanol–water partition coefficient (Wildman–Crippen LogP) is 4.90. The molecule has 1 N–H and O–H groups in total. The Labute approximate surface area is 135 Å². The molecule has 0 saturated carbocycles. The minimum atomic E-state index is 0. The summed E-state index contributed by atoms with van der Waals surface area (Å²) >= 11 is 0. The lowest BCUT2D eigenvalue weighted by Gasteiger charge is -2.33. The van der Waals surface area contributed by atoms with Crippen molar-refractivity contribution >= 4 is 23.3 Å². The summed E-state index contributed by atoms with van der Waals surface area (Å²) in [6.45, 7) is 12.4. The van der Waals surface area contributed by atoms with Crippen molar-refractivity contribution in [2.24, 2.45) is 12.5 Å². The molecule has 2 nitrogen and oxygen atoms in total. The fourth-order valence-electron chi connectivity index (χ4n) is 3.29. The Balaban J connectivity index is 0.00000220. The summed E-state index contributed by atoms with van der Waals surface area (Å²) in [5, 5.41) is 5.08. The molecule has 0 radical (unpaired) electrons. The molecule has 21 heavy (non-hydrogen) atoms. The maximum absolute atomic E-state index is 3.72. The zero-order valence-electron chi connectivity index (χ0n) is 14.2. The smallest absolute Gasteiger partial charge is 0.0481 e. The highest BCUT2D eigenvalue weighted by Crippen LogP contribution is 2.28. The van der Waals surface area contributed by atoms with Gasteiger partial charge in [0.25, 0.3) is 0 Å². The number of aromatic nitrogens is 1. The Morgan fingerprint density at radius 3 is 2.29 bits per heavy atom. The summed E-state index contributed by atoms with van der Waals surface area (Å²) in [6, 6.07) is 8.61. The van der Waals surface area contributed by atoms with Crippen LogP contribution in [0.3, 0.4) is 0 Å². The molecule has 0 aliphatic carbocycles. The van der Waals surface area contributed by atoms with Crippen molar-refractivity contribution in [3.8, 4) is 0 Å². The standard InChI is InChI=1S/C18H28N2.ClH/c1-17(2,3)13-18(4,5)19-11-14-12-20(6)16-10-8-7-9-15(14)16;/h7-10,12,19H,11,13H2,1-6H3;1H. The fraction of sp³-hybridized carbons (Fsp3) is 0.556. The summed E-state index contributed by atoms with van der Waals surface area (Å²) in [5.41, 5.74) is 3.17. The molecule has 118 valence electrons. The third kappa shape index (κ3) is 4.76. The highest BCUT2D eigenvalue weighted by Gasteiger charge is 2.25. The number of fused-ring (bicyclic) bond motifs is 1. The zero-order valence-corrected chi connectivity index (χ0v) is 15.0. The second-order valence-corrected chi connectivity index (χ2v) is 7.76. The zero-order chi connectivity index (χ0) is 15.0. The number of hydrogen-bond donors (Lipinski definition) is 1. The number of nitrogens with zero attached hydrogens (tertiary/aromatic N) is 1. The third-order valence-electron chi connectivity index (χ3n) is 3.71. The molecule has 0 fully saturated rings. The van der Waals surface area contributed by atoms with Gasteiger partial charge in [-0.25, -0.2) is 0 Å². The predicted molar refractivity (Wildman–Crippen MR) is 95.2 cm³/mol. The van der Waals surface area contributed by atoms with Gasteiger partial charge in [0.05, 0.1) is 0 Å². The van der Waals surface area contributed by atoms with Crippen molar-refractivity contribution in [1.82, 2.24) is 9.88 Å². The van der Waals surface area contributed by atoms with E-state index in [1.807, 2.05) is 0 Å². The maximum atomic E-state index is 3.72. The molecule has 0 unspecified atom stereocenters. The summed E-state index contributed by atoms with van der Waals surface area (Å²) in [7, 11) is 2.12. The van der Waals surface area contributed by atoms with E-state index >= 15 is 0 Å². The lowest BCUT2D eigenvalue weighted by Crippen LogP contribution is -2.41. The second kappa shape index (κ2) is 6.41. The van der Waals surface area contributed by atoms with Gasteiger partial charge < -0.3 is 9.88 Å². The Morgan fingerprint density at radius 1 is 1.05 bits per heavy atom. The summed E-state index contributed by atoms with van der Waals surface area (Å²) < 4.78 is 2.21. The van der Waals surface area contributed by atoms with Gasteiger partial charge in [-0.05, 0) is 37.3 Å². The average molecular weight is 309 g/mol. The average Bonchev–Trinajstić information content (AvgIpc) is 2.62. The first-order valence-electron chi connectivity index (χ1n) is 7.46. The molecule has 0 spiro atoms. The van der Waals surface area contributed by atoms with Crippen molar-refractivity contribution in [3.05, 3.63) is 36.0 Å². The van der Waals surface area contributed by atoms with Crippen LogP contribution >= 0.6 is 12.4 Å². The van der Waals surface area contributed by atoms with Crippen LogP contribution in [0.25, 0.3) is 10.9 Å². The van der Waals surface area contributed by atoms with Crippen LogP contribution < -0.4 is 5.32 Å². The lowest BCUT2D eigenvalue weighted by atomic mass is 9.82. The van der Waals surface area contributed by atoms with E-state index in [-0.39, 0.29) is 17.9 Å². The molecular formula is C18H29ClN2. The van der Waals surface area contributed by atoms with E-state index in [2.05, 4.69) is 82.0 Å². The molecule has 1 aromatic heterocycles. The number of para-hydroxylation sites is 1. The number of aryl methyl sites for hydroxylation is 1. The van der Waals surface area contributed by atoms with Gasteiger partial charge in [-0.1, -0.05) is 39.0 Å². The second-order valence-electron chi connectivity index (χ2n) is 7.76. The van der Waals surface area contributed by atoms with Crippen molar-refractivity contribution in [3.63, 3.8) is 0 Å². The number of hydrogen-bond acceptors (Lipinski definition) is 1. The highest BCUT2D eigenvalue weighted by molar-refractivity contribution is 5.85. The van der Waals surface area contributed by atoms with E-state index in [9.17, 15) is 0 Å². The van der Waals surface area contributed by atoms with Gasteiger partial charge in [0, 0.05) is 36.2 Å². The van der Waals surface area contributed by atoms with Gasteiger partial charge in [0.15, 0.2) is 0 Å². The molecule has 0 atom stereocenters. The van der Waals surface area contributed by atoms with E-state index < -0.39 is 0 Å². The molecule has 0 amide bonds. The Kier molecular flexibility index (Phi) is 5.51. The Hall–Kier alpha value is -0.990. The first kappa shape index (κ1) is 18.1. The highest BCUT2D eigenvalue weighted by atomic mass is 35.5. The van der Waals surface area contributed by atoms with E-state index in [1.54, 1.807) is 0 Å². The Morgan fingerprint density at radius 2 is 1.67 bits per heavy atom. The molecule has 2 aromatic rings. The van der Waals surface area contributed by atoms with E-state index in [0.717, 1.165) is 13.0 Å². The largest absolute Gasteiger partial charge is 0.350 e. The fourth-order valence-corrected chi connectivity index (χ4v) is 3.29. The van der Waals surface area contributed by atoms with Gasteiger partial charge in [-0.15, -0.1) is 12.4 Å². The van der Waals surface area contributed by atoms with Crippen molar-refractivity contribution in [2.75, 3.05) is 0 Å². The monoisotopic (exact) mass is 308 g/mol. The molecule has 1 aromatic carbocycles. The van der Waals surface area contributed by atoms with Gasteiger partial charge in [0.1, 0.15) is 0 Å². The third-order valence-corrected chi connectivity index (χ3v) is 3.71. The molecular weight excluding hydrogens is 280 g/mol. The van der Waals surface area contributed by atoms with Gasteiger partial charge >= 0.3 is 0 Å². The normalized spacial score (nSPS) is 12.5. The van der Waals surface area contributed by atoms with E-state index in [4.69, 9.17) is 0 Å². The quantitative estimate of drug-likeness (QED) is 0.849. The Bertz CT molecular complexity index is 591. The molecule has 3 heteroatoms. The first-order chi connectivity index (χ1) is 9.18. The molecule has 0 aliphatic rings. The lowest BCUT2D eigenvalue weighted by molar-refractivity contribution is 0.241. The van der Waals surface area contributed by atoms with Crippen LogP contribution in [0.1, 0.15) is 46.6 Å².